The summed E-state index contributed by atoms with van der Waals surface area (Å²) in [6.07, 6.45) is 3.98. The number of hydrogen-bond donors (Lipinski definition) is 1. The average molecular weight is 395 g/mol. The highest BCUT2D eigenvalue weighted by Gasteiger charge is 2.26. The van der Waals surface area contributed by atoms with E-state index >= 15 is 0 Å². The molecule has 3 heterocycles. The van der Waals surface area contributed by atoms with E-state index in [0.29, 0.717) is 19.0 Å². The molecule has 29 heavy (non-hydrogen) atoms. The first-order valence-electron chi connectivity index (χ1n) is 10.1. The zero-order valence-electron chi connectivity index (χ0n) is 16.6. The van der Waals surface area contributed by atoms with Crippen molar-refractivity contribution in [3.05, 3.63) is 59.7 Å². The quantitative estimate of drug-likeness (QED) is 0.697. The maximum absolute atomic E-state index is 13.2. The van der Waals surface area contributed by atoms with Gasteiger partial charge >= 0.3 is 0 Å². The summed E-state index contributed by atoms with van der Waals surface area (Å²) >= 11 is 0. The first-order valence-corrected chi connectivity index (χ1v) is 10.1. The molecule has 1 aliphatic heterocycles. The topological polar surface area (TPSA) is 63.1 Å². The molecule has 3 aromatic rings. The number of halogens is 1. The predicted octanol–water partition coefficient (Wildman–Crippen LogP) is 3.09. The Morgan fingerprint density at radius 1 is 1.28 bits per heavy atom. The zero-order chi connectivity index (χ0) is 20.2. The molecule has 0 spiro atoms. The molecule has 1 N–H and O–H groups in total. The minimum absolute atomic E-state index is 0.0432. The van der Waals surface area contributed by atoms with E-state index in [4.69, 9.17) is 5.10 Å². The molecule has 0 bridgehead atoms. The van der Waals surface area contributed by atoms with Gasteiger partial charge in [0.15, 0.2) is 5.65 Å². The van der Waals surface area contributed by atoms with Crippen molar-refractivity contribution >= 4 is 16.9 Å². The minimum atomic E-state index is -0.200. The Hall–Kier alpha value is -2.80. The fourth-order valence-corrected chi connectivity index (χ4v) is 4.10. The third-order valence-electron chi connectivity index (χ3n) is 5.44. The monoisotopic (exact) mass is 395 g/mol. The third kappa shape index (κ3) is 4.62. The van der Waals surface area contributed by atoms with Crippen LogP contribution < -0.4 is 5.32 Å². The van der Waals surface area contributed by atoms with E-state index in [1.54, 1.807) is 6.20 Å². The lowest BCUT2D eigenvalue weighted by Gasteiger charge is -2.32. The van der Waals surface area contributed by atoms with Crippen LogP contribution in [0.2, 0.25) is 0 Å². The maximum atomic E-state index is 13.2. The van der Waals surface area contributed by atoms with Crippen LogP contribution in [0, 0.1) is 5.82 Å². The normalized spacial score (nSPS) is 17.5. The van der Waals surface area contributed by atoms with E-state index in [2.05, 4.69) is 21.3 Å². The Morgan fingerprint density at radius 3 is 2.90 bits per heavy atom. The number of hydrogen-bond acceptors (Lipinski definition) is 4. The van der Waals surface area contributed by atoms with Crippen LogP contribution in [0.15, 0.2) is 42.6 Å². The number of fused-ring (bicyclic) bond motifs is 1. The van der Waals surface area contributed by atoms with Gasteiger partial charge in [-0.15, -0.1) is 0 Å². The van der Waals surface area contributed by atoms with Crippen LogP contribution in [-0.2, 0) is 17.9 Å². The molecular weight excluding hydrogens is 369 g/mol. The molecule has 2 aromatic heterocycles. The van der Waals surface area contributed by atoms with Crippen molar-refractivity contribution in [1.82, 2.24) is 25.0 Å². The number of likely N-dealkylation sites (tertiary alicyclic amines) is 1. The van der Waals surface area contributed by atoms with Gasteiger partial charge < -0.3 is 5.32 Å². The molecule has 0 saturated carbocycles. The molecule has 1 saturated heterocycles. The molecule has 1 fully saturated rings. The standard InChI is InChI=1S/C22H26FN5O/c1-16(29)24-11-13-28-22-20(5-2-10-25-22)21(26-28)18-4-3-12-27(15-18)14-17-6-8-19(23)9-7-17/h2,5-10,18H,3-4,11-15H2,1H3,(H,24,29). The fourth-order valence-electron chi connectivity index (χ4n) is 4.10. The van der Waals surface area contributed by atoms with E-state index in [-0.39, 0.29) is 11.7 Å². The van der Waals surface area contributed by atoms with Crippen LogP contribution in [-0.4, -0.2) is 45.2 Å². The SMILES string of the molecule is CC(=O)NCCn1nc(C2CCCN(Cc3ccc(F)cc3)C2)c2cccnc21. The Bertz CT molecular complexity index is 985. The second-order valence-corrected chi connectivity index (χ2v) is 7.67. The predicted molar refractivity (Wildman–Crippen MR) is 110 cm³/mol. The van der Waals surface area contributed by atoms with Gasteiger partial charge in [0.1, 0.15) is 5.82 Å². The molecule has 7 heteroatoms. The fraction of sp³-hybridized carbons (Fsp3) is 0.409. The highest BCUT2D eigenvalue weighted by Crippen LogP contribution is 2.31. The van der Waals surface area contributed by atoms with Gasteiger partial charge in [0.25, 0.3) is 0 Å². The summed E-state index contributed by atoms with van der Waals surface area (Å²) in [6.45, 7) is 5.42. The molecule has 1 amide bonds. The minimum Gasteiger partial charge on any atom is -0.354 e. The summed E-state index contributed by atoms with van der Waals surface area (Å²) in [5, 5.41) is 8.80. The summed E-state index contributed by atoms with van der Waals surface area (Å²) in [5.74, 6) is 0.0883. The Kier molecular flexibility index (Phi) is 5.85. The average Bonchev–Trinajstić information content (AvgIpc) is 3.09. The summed E-state index contributed by atoms with van der Waals surface area (Å²) in [5.41, 5.74) is 3.07. The van der Waals surface area contributed by atoms with Gasteiger partial charge in [-0.2, -0.15) is 5.10 Å². The number of pyridine rings is 1. The second-order valence-electron chi connectivity index (χ2n) is 7.67. The van der Waals surface area contributed by atoms with E-state index in [1.807, 2.05) is 22.9 Å². The summed E-state index contributed by atoms with van der Waals surface area (Å²) in [6, 6.07) is 10.8. The van der Waals surface area contributed by atoms with E-state index in [1.165, 1.54) is 19.1 Å². The summed E-state index contributed by atoms with van der Waals surface area (Å²) in [7, 11) is 0. The van der Waals surface area contributed by atoms with Crippen LogP contribution in [0.4, 0.5) is 4.39 Å². The van der Waals surface area contributed by atoms with Crippen LogP contribution >= 0.6 is 0 Å². The lowest BCUT2D eigenvalue weighted by molar-refractivity contribution is -0.118. The van der Waals surface area contributed by atoms with Crippen LogP contribution in [0.3, 0.4) is 0 Å². The van der Waals surface area contributed by atoms with Crippen LogP contribution in [0.5, 0.6) is 0 Å². The molecule has 1 aliphatic rings. The van der Waals surface area contributed by atoms with Crippen LogP contribution in [0.25, 0.3) is 11.0 Å². The molecule has 1 atom stereocenters. The Labute approximate surface area is 169 Å². The Balaban J connectivity index is 1.52. The van der Waals surface area contributed by atoms with E-state index in [9.17, 15) is 9.18 Å². The number of nitrogens with one attached hydrogen (secondary N) is 1. The first kappa shape index (κ1) is 19.5. The maximum Gasteiger partial charge on any atom is 0.216 e. The molecule has 0 aliphatic carbocycles. The third-order valence-corrected chi connectivity index (χ3v) is 5.44. The van der Waals surface area contributed by atoms with E-state index < -0.39 is 0 Å². The number of amides is 1. The van der Waals surface area contributed by atoms with Crippen molar-refractivity contribution in [3.63, 3.8) is 0 Å². The number of piperidine rings is 1. The zero-order valence-corrected chi connectivity index (χ0v) is 16.6. The Morgan fingerprint density at radius 2 is 2.10 bits per heavy atom. The molecule has 0 radical (unpaired) electrons. The van der Waals surface area contributed by atoms with Gasteiger partial charge in [-0.3, -0.25) is 9.69 Å². The van der Waals surface area contributed by atoms with Gasteiger partial charge in [-0.25, -0.2) is 14.1 Å². The number of aromatic nitrogens is 3. The molecular formula is C22H26FN5O. The van der Waals surface area contributed by atoms with Gasteiger partial charge in [0, 0.05) is 44.1 Å². The second kappa shape index (κ2) is 8.69. The highest BCUT2D eigenvalue weighted by molar-refractivity contribution is 5.79. The number of nitrogens with zero attached hydrogens (tertiary/aromatic N) is 4. The molecule has 152 valence electrons. The molecule has 1 aromatic carbocycles. The van der Waals surface area contributed by atoms with Crippen molar-refractivity contribution in [1.29, 1.82) is 0 Å². The summed E-state index contributed by atoms with van der Waals surface area (Å²) < 4.78 is 15.1. The number of benzene rings is 1. The lowest BCUT2D eigenvalue weighted by atomic mass is 9.93. The van der Waals surface area contributed by atoms with Crippen molar-refractivity contribution in [3.8, 4) is 0 Å². The number of carbonyl (C=O) groups excluding carboxylic acids is 1. The van der Waals surface area contributed by atoms with Gasteiger partial charge in [-0.05, 0) is 49.2 Å². The van der Waals surface area contributed by atoms with Gasteiger partial charge in [0.05, 0.1) is 12.2 Å². The smallest absolute Gasteiger partial charge is 0.216 e. The first-order chi connectivity index (χ1) is 14.1. The van der Waals surface area contributed by atoms with Crippen molar-refractivity contribution in [2.45, 2.75) is 38.8 Å². The molecule has 1 unspecified atom stereocenters. The molecule has 6 nitrogen and oxygen atoms in total. The van der Waals surface area contributed by atoms with Crippen molar-refractivity contribution in [2.75, 3.05) is 19.6 Å². The number of carbonyl (C=O) groups is 1. The van der Waals surface area contributed by atoms with Gasteiger partial charge in [-0.1, -0.05) is 12.1 Å². The van der Waals surface area contributed by atoms with Crippen molar-refractivity contribution < 1.29 is 9.18 Å². The summed E-state index contributed by atoms with van der Waals surface area (Å²) in [4.78, 5) is 18.1. The lowest BCUT2D eigenvalue weighted by Crippen LogP contribution is -2.34. The van der Waals surface area contributed by atoms with Crippen molar-refractivity contribution in [2.24, 2.45) is 0 Å². The van der Waals surface area contributed by atoms with Gasteiger partial charge in [0.2, 0.25) is 5.91 Å². The number of rotatable bonds is 6. The van der Waals surface area contributed by atoms with Crippen LogP contribution in [0.1, 0.15) is 36.9 Å². The molecule has 4 rings (SSSR count). The van der Waals surface area contributed by atoms with E-state index in [0.717, 1.165) is 54.8 Å². The largest absolute Gasteiger partial charge is 0.354 e. The highest BCUT2D eigenvalue weighted by atomic mass is 19.1.